The summed E-state index contributed by atoms with van der Waals surface area (Å²) < 4.78 is 6.18. The fourth-order valence-corrected chi connectivity index (χ4v) is 2.99. The Kier molecular flexibility index (Phi) is 3.68. The maximum Gasteiger partial charge on any atom is 0.122 e. The monoisotopic (exact) mass is 287 g/mol. The first kappa shape index (κ1) is 13.5. The number of ether oxygens (including phenoxy) is 1. The van der Waals surface area contributed by atoms with Gasteiger partial charge >= 0.3 is 0 Å². The van der Waals surface area contributed by atoms with E-state index in [1.54, 1.807) is 0 Å². The van der Waals surface area contributed by atoms with Crippen molar-refractivity contribution in [1.29, 1.82) is 0 Å². The van der Waals surface area contributed by atoms with Crippen molar-refractivity contribution in [2.45, 2.75) is 25.5 Å². The van der Waals surface area contributed by atoms with Gasteiger partial charge in [-0.05, 0) is 48.9 Å². The van der Waals surface area contributed by atoms with E-state index >= 15 is 0 Å². The standard InChI is InChI=1S/C17H18ClNO/c1-11-9-13(7-8-15(11)18)20-16-10-12-5-3-4-6-14(12)17(16)19-2/h3-9,16-17,19H,10H2,1-2H3. The maximum atomic E-state index is 6.18. The maximum absolute atomic E-state index is 6.18. The Morgan fingerprint density at radius 1 is 1.20 bits per heavy atom. The lowest BCUT2D eigenvalue weighted by molar-refractivity contribution is 0.171. The molecule has 0 fully saturated rings. The average molecular weight is 288 g/mol. The number of likely N-dealkylation sites (N-methyl/N-ethyl adjacent to an activating group) is 1. The molecule has 2 aromatic carbocycles. The molecule has 0 heterocycles. The molecule has 0 spiro atoms. The summed E-state index contributed by atoms with van der Waals surface area (Å²) in [6, 6.07) is 14.6. The number of rotatable bonds is 3. The van der Waals surface area contributed by atoms with Gasteiger partial charge in [-0.2, -0.15) is 0 Å². The van der Waals surface area contributed by atoms with Gasteiger partial charge in [0.2, 0.25) is 0 Å². The second kappa shape index (κ2) is 5.47. The van der Waals surface area contributed by atoms with E-state index in [1.165, 1.54) is 11.1 Å². The molecule has 1 aliphatic carbocycles. The minimum atomic E-state index is 0.123. The summed E-state index contributed by atoms with van der Waals surface area (Å²) in [5.74, 6) is 0.880. The number of nitrogens with one attached hydrogen (secondary N) is 1. The van der Waals surface area contributed by atoms with E-state index in [0.29, 0.717) is 0 Å². The van der Waals surface area contributed by atoms with Crippen molar-refractivity contribution in [2.75, 3.05) is 7.05 Å². The van der Waals surface area contributed by atoms with Crippen molar-refractivity contribution in [3.8, 4) is 5.75 Å². The lowest BCUT2D eigenvalue weighted by Gasteiger charge is -2.21. The van der Waals surface area contributed by atoms with Gasteiger partial charge in [-0.3, -0.25) is 0 Å². The number of hydrogen-bond acceptors (Lipinski definition) is 2. The fraction of sp³-hybridized carbons (Fsp3) is 0.294. The van der Waals surface area contributed by atoms with Crippen LogP contribution in [0.2, 0.25) is 5.02 Å². The van der Waals surface area contributed by atoms with Crippen LogP contribution in [0.15, 0.2) is 42.5 Å². The van der Waals surface area contributed by atoms with Gasteiger partial charge in [0.1, 0.15) is 11.9 Å². The molecule has 0 amide bonds. The van der Waals surface area contributed by atoms with Crippen LogP contribution < -0.4 is 10.1 Å². The van der Waals surface area contributed by atoms with Crippen LogP contribution >= 0.6 is 11.6 Å². The second-order valence-corrected chi connectivity index (χ2v) is 5.64. The van der Waals surface area contributed by atoms with Gasteiger partial charge in [0.05, 0.1) is 6.04 Å². The van der Waals surface area contributed by atoms with E-state index in [4.69, 9.17) is 16.3 Å². The van der Waals surface area contributed by atoms with E-state index in [1.807, 2.05) is 32.2 Å². The molecule has 104 valence electrons. The molecular weight excluding hydrogens is 270 g/mol. The highest BCUT2D eigenvalue weighted by Gasteiger charge is 2.32. The lowest BCUT2D eigenvalue weighted by Crippen LogP contribution is -2.30. The van der Waals surface area contributed by atoms with E-state index < -0.39 is 0 Å². The van der Waals surface area contributed by atoms with Crippen LogP contribution in [0.4, 0.5) is 0 Å². The molecule has 2 unspecified atom stereocenters. The van der Waals surface area contributed by atoms with Crippen LogP contribution in [0.3, 0.4) is 0 Å². The molecule has 20 heavy (non-hydrogen) atoms. The Morgan fingerprint density at radius 3 is 2.75 bits per heavy atom. The summed E-state index contributed by atoms with van der Waals surface area (Å²) in [7, 11) is 1.98. The zero-order valence-electron chi connectivity index (χ0n) is 11.7. The van der Waals surface area contributed by atoms with Gasteiger partial charge in [-0.1, -0.05) is 35.9 Å². The predicted molar refractivity (Wildman–Crippen MR) is 82.6 cm³/mol. The normalized spacial score (nSPS) is 20.8. The van der Waals surface area contributed by atoms with E-state index in [0.717, 1.165) is 22.8 Å². The van der Waals surface area contributed by atoms with Crippen LogP contribution in [0.5, 0.6) is 5.75 Å². The van der Waals surface area contributed by atoms with E-state index in [9.17, 15) is 0 Å². The number of benzene rings is 2. The third-order valence-corrected chi connectivity index (χ3v) is 4.33. The molecule has 2 nitrogen and oxygen atoms in total. The second-order valence-electron chi connectivity index (χ2n) is 5.24. The average Bonchev–Trinajstić information content (AvgIpc) is 2.80. The van der Waals surface area contributed by atoms with E-state index in [2.05, 4.69) is 29.6 Å². The quantitative estimate of drug-likeness (QED) is 0.924. The highest BCUT2D eigenvalue weighted by Crippen LogP contribution is 2.34. The first-order valence-corrected chi connectivity index (χ1v) is 7.24. The third-order valence-electron chi connectivity index (χ3n) is 3.91. The Labute approximate surface area is 124 Å². The zero-order chi connectivity index (χ0) is 14.1. The topological polar surface area (TPSA) is 21.3 Å². The van der Waals surface area contributed by atoms with Gasteiger partial charge in [-0.15, -0.1) is 0 Å². The van der Waals surface area contributed by atoms with Gasteiger partial charge in [0.15, 0.2) is 0 Å². The van der Waals surface area contributed by atoms with Crippen LogP contribution in [0, 0.1) is 6.92 Å². The minimum Gasteiger partial charge on any atom is -0.488 e. The smallest absolute Gasteiger partial charge is 0.122 e. The highest BCUT2D eigenvalue weighted by atomic mass is 35.5. The first-order valence-electron chi connectivity index (χ1n) is 6.87. The Hall–Kier alpha value is -1.51. The zero-order valence-corrected chi connectivity index (χ0v) is 12.4. The Balaban J connectivity index is 1.83. The SMILES string of the molecule is CNC1c2ccccc2CC1Oc1ccc(Cl)c(C)c1. The molecule has 0 aliphatic heterocycles. The van der Waals surface area contributed by atoms with Crippen molar-refractivity contribution in [1.82, 2.24) is 5.32 Å². The summed E-state index contributed by atoms with van der Waals surface area (Å²) in [5, 5.41) is 4.14. The van der Waals surface area contributed by atoms with Crippen molar-refractivity contribution >= 4 is 11.6 Å². The fourth-order valence-electron chi connectivity index (χ4n) is 2.87. The van der Waals surface area contributed by atoms with Crippen LogP contribution in [0.1, 0.15) is 22.7 Å². The van der Waals surface area contributed by atoms with Crippen molar-refractivity contribution in [3.63, 3.8) is 0 Å². The molecule has 1 N–H and O–H groups in total. The van der Waals surface area contributed by atoms with Gasteiger partial charge in [-0.25, -0.2) is 0 Å². The first-order chi connectivity index (χ1) is 9.69. The number of hydrogen-bond donors (Lipinski definition) is 1. The molecular formula is C17H18ClNO. The highest BCUT2D eigenvalue weighted by molar-refractivity contribution is 6.31. The van der Waals surface area contributed by atoms with Gasteiger partial charge in [0.25, 0.3) is 0 Å². The molecule has 0 aromatic heterocycles. The van der Waals surface area contributed by atoms with Gasteiger partial charge in [0, 0.05) is 11.4 Å². The van der Waals surface area contributed by atoms with Gasteiger partial charge < -0.3 is 10.1 Å². The number of fused-ring (bicyclic) bond motifs is 1. The summed E-state index contributed by atoms with van der Waals surface area (Å²) in [6.07, 6.45) is 1.06. The molecule has 0 saturated heterocycles. The predicted octanol–water partition coefficient (Wildman–Crippen LogP) is 3.91. The van der Waals surface area contributed by atoms with Crippen molar-refractivity contribution < 1.29 is 4.74 Å². The lowest BCUT2D eigenvalue weighted by atomic mass is 10.1. The summed E-state index contributed by atoms with van der Waals surface area (Å²) in [6.45, 7) is 1.99. The molecule has 2 aromatic rings. The molecule has 2 atom stereocenters. The molecule has 3 heteroatoms. The summed E-state index contributed by atoms with van der Waals surface area (Å²) >= 11 is 6.06. The van der Waals surface area contributed by atoms with Crippen LogP contribution in [-0.4, -0.2) is 13.2 Å². The van der Waals surface area contributed by atoms with Crippen LogP contribution in [0.25, 0.3) is 0 Å². The molecule has 0 saturated carbocycles. The summed E-state index contributed by atoms with van der Waals surface area (Å²) in [5.41, 5.74) is 3.74. The molecule has 0 bridgehead atoms. The number of halogens is 1. The Bertz CT molecular complexity index is 626. The number of aryl methyl sites for hydroxylation is 1. The molecule has 0 radical (unpaired) electrons. The molecule has 1 aliphatic rings. The summed E-state index contributed by atoms with van der Waals surface area (Å²) in [4.78, 5) is 0. The van der Waals surface area contributed by atoms with Crippen molar-refractivity contribution in [2.24, 2.45) is 0 Å². The van der Waals surface area contributed by atoms with Crippen molar-refractivity contribution in [3.05, 3.63) is 64.2 Å². The third kappa shape index (κ3) is 2.41. The van der Waals surface area contributed by atoms with E-state index in [-0.39, 0.29) is 12.1 Å². The van der Waals surface area contributed by atoms with Crippen LogP contribution in [-0.2, 0) is 6.42 Å². The largest absolute Gasteiger partial charge is 0.488 e. The minimum absolute atomic E-state index is 0.123. The Morgan fingerprint density at radius 2 is 2.00 bits per heavy atom. The molecule has 3 rings (SSSR count).